The van der Waals surface area contributed by atoms with E-state index in [0.717, 1.165) is 6.42 Å². The highest BCUT2D eigenvalue weighted by atomic mass is 16.2. The molecule has 0 unspecified atom stereocenters. The molecule has 0 spiro atoms. The maximum atomic E-state index is 11.1. The molecule has 17 heavy (non-hydrogen) atoms. The Balaban J connectivity index is 0. The van der Waals surface area contributed by atoms with Gasteiger partial charge in [0.05, 0.1) is 0 Å². The van der Waals surface area contributed by atoms with Crippen LogP contribution in [0.3, 0.4) is 0 Å². The van der Waals surface area contributed by atoms with Crippen LogP contribution in [0.1, 0.15) is 41.0 Å². The minimum atomic E-state index is -0.315. The molecule has 1 aliphatic heterocycles. The second-order valence-corrected chi connectivity index (χ2v) is 3.44. The van der Waals surface area contributed by atoms with Gasteiger partial charge in [0, 0.05) is 26.5 Å². The van der Waals surface area contributed by atoms with Crippen molar-refractivity contribution in [2.75, 3.05) is 6.54 Å². The first-order valence-electron chi connectivity index (χ1n) is 5.93. The monoisotopic (exact) mass is 242 g/mol. The van der Waals surface area contributed by atoms with Crippen LogP contribution >= 0.6 is 0 Å². The molecule has 1 aliphatic rings. The standard InChI is InChI=1S/C10H14N2O3.C2H6.H2/c11-8(13)4-2-1-3-7-12-9(14)5-6-10(12)15;1-2;/h5-6H,1-4,7H2,(H2,11,13);1-2H3;1H. The lowest BCUT2D eigenvalue weighted by molar-refractivity contribution is -0.136. The van der Waals surface area contributed by atoms with E-state index in [4.69, 9.17) is 5.73 Å². The van der Waals surface area contributed by atoms with Crippen molar-refractivity contribution < 1.29 is 15.8 Å². The summed E-state index contributed by atoms with van der Waals surface area (Å²) in [5, 5.41) is 0. The zero-order valence-electron chi connectivity index (χ0n) is 10.4. The highest BCUT2D eigenvalue weighted by Crippen LogP contribution is 2.07. The Morgan fingerprint density at radius 1 is 1.18 bits per heavy atom. The third-order valence-corrected chi connectivity index (χ3v) is 2.21. The Morgan fingerprint density at radius 2 is 1.71 bits per heavy atom. The number of amides is 3. The molecule has 1 heterocycles. The first-order valence-corrected chi connectivity index (χ1v) is 5.93. The van der Waals surface area contributed by atoms with Crippen LogP contribution in [0, 0.1) is 0 Å². The molecule has 1 rings (SSSR count). The minimum absolute atomic E-state index is 0. The molecule has 0 fully saturated rings. The lowest BCUT2D eigenvalue weighted by Crippen LogP contribution is -2.30. The molecule has 0 aromatic heterocycles. The summed E-state index contributed by atoms with van der Waals surface area (Å²) in [6.07, 6.45) is 5.11. The normalized spacial score (nSPS) is 13.6. The molecule has 0 radical (unpaired) electrons. The molecule has 0 aliphatic carbocycles. The smallest absolute Gasteiger partial charge is 0.253 e. The zero-order valence-corrected chi connectivity index (χ0v) is 10.4. The Bertz CT molecular complexity index is 298. The van der Waals surface area contributed by atoms with Crippen molar-refractivity contribution >= 4 is 17.7 Å². The van der Waals surface area contributed by atoms with Gasteiger partial charge in [-0.1, -0.05) is 20.3 Å². The van der Waals surface area contributed by atoms with E-state index in [1.54, 1.807) is 0 Å². The van der Waals surface area contributed by atoms with Crippen molar-refractivity contribution in [3.63, 3.8) is 0 Å². The Hall–Kier alpha value is -1.65. The molecule has 2 N–H and O–H groups in total. The molecule has 0 atom stereocenters. The second kappa shape index (κ2) is 8.50. The van der Waals surface area contributed by atoms with Gasteiger partial charge in [-0.25, -0.2) is 0 Å². The van der Waals surface area contributed by atoms with Gasteiger partial charge in [0.25, 0.3) is 11.8 Å². The molecule has 3 amide bonds. The van der Waals surface area contributed by atoms with Crippen molar-refractivity contribution in [3.8, 4) is 0 Å². The number of rotatable bonds is 6. The summed E-state index contributed by atoms with van der Waals surface area (Å²) >= 11 is 0. The molecule has 0 bridgehead atoms. The highest BCUT2D eigenvalue weighted by molar-refractivity contribution is 6.12. The van der Waals surface area contributed by atoms with Gasteiger partial charge in [-0.15, -0.1) is 0 Å². The highest BCUT2D eigenvalue weighted by Gasteiger charge is 2.21. The summed E-state index contributed by atoms with van der Waals surface area (Å²) in [6, 6.07) is 0. The fraction of sp³-hybridized carbons (Fsp3) is 0.583. The van der Waals surface area contributed by atoms with E-state index in [1.165, 1.54) is 17.1 Å². The Labute approximate surface area is 103 Å². The van der Waals surface area contributed by atoms with E-state index in [1.807, 2.05) is 13.8 Å². The Kier molecular flexibility index (Phi) is 7.67. The summed E-state index contributed by atoms with van der Waals surface area (Å²) < 4.78 is 0. The lowest BCUT2D eigenvalue weighted by Gasteiger charge is -2.12. The Morgan fingerprint density at radius 3 is 2.18 bits per heavy atom. The summed E-state index contributed by atoms with van der Waals surface area (Å²) in [5.74, 6) is -0.824. The van der Waals surface area contributed by atoms with Crippen LogP contribution in [0.2, 0.25) is 0 Å². The average molecular weight is 242 g/mol. The van der Waals surface area contributed by atoms with Crippen LogP contribution in [0.5, 0.6) is 0 Å². The van der Waals surface area contributed by atoms with Crippen LogP contribution in [0.25, 0.3) is 0 Å². The van der Waals surface area contributed by atoms with Gasteiger partial charge in [0.1, 0.15) is 0 Å². The molecule has 0 aromatic rings. The van der Waals surface area contributed by atoms with E-state index in [0.29, 0.717) is 25.8 Å². The van der Waals surface area contributed by atoms with Crippen LogP contribution in [0.15, 0.2) is 12.2 Å². The average Bonchev–Trinajstić information content (AvgIpc) is 2.62. The van der Waals surface area contributed by atoms with Crippen molar-refractivity contribution in [1.29, 1.82) is 0 Å². The summed E-state index contributed by atoms with van der Waals surface area (Å²) in [4.78, 5) is 33.8. The van der Waals surface area contributed by atoms with Crippen LogP contribution in [-0.2, 0) is 14.4 Å². The van der Waals surface area contributed by atoms with Gasteiger partial charge < -0.3 is 5.73 Å². The number of carbonyl (C=O) groups excluding carboxylic acids is 3. The molecule has 5 heteroatoms. The van der Waals surface area contributed by atoms with Gasteiger partial charge in [-0.2, -0.15) is 0 Å². The van der Waals surface area contributed by atoms with Crippen LogP contribution in [-0.4, -0.2) is 29.2 Å². The third-order valence-electron chi connectivity index (χ3n) is 2.21. The topological polar surface area (TPSA) is 80.5 Å². The number of carbonyl (C=O) groups is 3. The number of imide groups is 1. The first-order chi connectivity index (χ1) is 8.11. The predicted octanol–water partition coefficient (Wildman–Crippen LogP) is 1.23. The molecule has 98 valence electrons. The molecule has 5 nitrogen and oxygen atoms in total. The summed E-state index contributed by atoms with van der Waals surface area (Å²) in [5.41, 5.74) is 4.97. The van der Waals surface area contributed by atoms with E-state index in [9.17, 15) is 14.4 Å². The number of nitrogens with zero attached hydrogens (tertiary/aromatic N) is 1. The quantitative estimate of drug-likeness (QED) is 0.562. The van der Waals surface area contributed by atoms with E-state index in [2.05, 4.69) is 0 Å². The fourth-order valence-electron chi connectivity index (χ4n) is 1.40. The molecule has 0 aromatic carbocycles. The maximum Gasteiger partial charge on any atom is 0.253 e. The number of unbranched alkanes of at least 4 members (excludes halogenated alkanes) is 2. The predicted molar refractivity (Wildman–Crippen MR) is 67.0 cm³/mol. The van der Waals surface area contributed by atoms with Crippen molar-refractivity contribution in [3.05, 3.63) is 12.2 Å². The van der Waals surface area contributed by atoms with Crippen molar-refractivity contribution in [1.82, 2.24) is 4.90 Å². The maximum absolute atomic E-state index is 11.1. The largest absolute Gasteiger partial charge is 0.370 e. The minimum Gasteiger partial charge on any atom is -0.370 e. The van der Waals surface area contributed by atoms with E-state index < -0.39 is 0 Å². The summed E-state index contributed by atoms with van der Waals surface area (Å²) in [7, 11) is 0. The van der Waals surface area contributed by atoms with Gasteiger partial charge in [-0.3, -0.25) is 19.3 Å². The first kappa shape index (κ1) is 15.3. The number of hydrogen-bond acceptors (Lipinski definition) is 3. The number of nitrogens with two attached hydrogens (primary N) is 1. The van der Waals surface area contributed by atoms with Gasteiger partial charge >= 0.3 is 0 Å². The number of primary amides is 1. The van der Waals surface area contributed by atoms with Gasteiger partial charge in [-0.05, 0) is 12.8 Å². The van der Waals surface area contributed by atoms with E-state index in [-0.39, 0.29) is 19.1 Å². The van der Waals surface area contributed by atoms with E-state index >= 15 is 0 Å². The molecule has 0 saturated carbocycles. The zero-order chi connectivity index (χ0) is 13.3. The van der Waals surface area contributed by atoms with Crippen molar-refractivity contribution in [2.24, 2.45) is 5.73 Å². The SMILES string of the molecule is CC.NC(=O)CCCCCN1C(=O)C=CC1=O.[HH]. The fourth-order valence-corrected chi connectivity index (χ4v) is 1.40. The van der Waals surface area contributed by atoms with Gasteiger partial charge in [0.2, 0.25) is 5.91 Å². The van der Waals surface area contributed by atoms with Crippen LogP contribution < -0.4 is 5.73 Å². The second-order valence-electron chi connectivity index (χ2n) is 3.44. The van der Waals surface area contributed by atoms with Crippen molar-refractivity contribution in [2.45, 2.75) is 39.5 Å². The molecular formula is C12H22N2O3. The van der Waals surface area contributed by atoms with Gasteiger partial charge in [0.15, 0.2) is 0 Å². The summed E-state index contributed by atoms with van der Waals surface area (Å²) in [6.45, 7) is 4.42. The molecular weight excluding hydrogens is 220 g/mol. The van der Waals surface area contributed by atoms with Crippen LogP contribution in [0.4, 0.5) is 0 Å². The number of hydrogen-bond donors (Lipinski definition) is 1. The lowest BCUT2D eigenvalue weighted by atomic mass is 10.2. The molecule has 0 saturated heterocycles. The third kappa shape index (κ3) is 5.85.